The SMILES string of the molecule is CC(C)[C@@H]1[C@H]2OC(=O)[C@@H]1[C@@H]1CC[C@@H]3C(=O)N(C)[C@H]2[C@@]31C. The van der Waals surface area contributed by atoms with Gasteiger partial charge in [0.1, 0.15) is 6.10 Å². The maximum atomic E-state index is 12.6. The van der Waals surface area contributed by atoms with Crippen LogP contribution in [0.4, 0.5) is 0 Å². The summed E-state index contributed by atoms with van der Waals surface area (Å²) in [5.41, 5.74) is -0.0568. The van der Waals surface area contributed by atoms with Crippen molar-refractivity contribution in [3.63, 3.8) is 0 Å². The van der Waals surface area contributed by atoms with Gasteiger partial charge < -0.3 is 9.64 Å². The van der Waals surface area contributed by atoms with Gasteiger partial charge in [0.2, 0.25) is 5.91 Å². The minimum absolute atomic E-state index is 0.00387. The van der Waals surface area contributed by atoms with Crippen LogP contribution >= 0.6 is 0 Å². The third-order valence-corrected chi connectivity index (χ3v) is 6.85. The highest BCUT2D eigenvalue weighted by atomic mass is 16.6. The molecule has 20 heavy (non-hydrogen) atoms. The van der Waals surface area contributed by atoms with Gasteiger partial charge in [-0.15, -0.1) is 0 Å². The number of likely N-dealkylation sites (tertiary alicyclic amines) is 1. The Morgan fingerprint density at radius 3 is 2.65 bits per heavy atom. The molecule has 2 aliphatic heterocycles. The Morgan fingerprint density at radius 2 is 2.00 bits per heavy atom. The fraction of sp³-hybridized carbons (Fsp3) is 0.875. The second-order valence-corrected chi connectivity index (χ2v) is 7.75. The van der Waals surface area contributed by atoms with E-state index >= 15 is 0 Å². The number of likely N-dealkylation sites (N-methyl/N-ethyl adjacent to an activating group) is 1. The average molecular weight is 277 g/mol. The van der Waals surface area contributed by atoms with E-state index in [-0.39, 0.29) is 47.2 Å². The monoisotopic (exact) mass is 277 g/mol. The van der Waals surface area contributed by atoms with Gasteiger partial charge in [-0.2, -0.15) is 0 Å². The Labute approximate surface area is 119 Å². The Kier molecular flexibility index (Phi) is 2.26. The third kappa shape index (κ3) is 1.12. The van der Waals surface area contributed by atoms with Crippen LogP contribution in [0, 0.1) is 35.0 Å². The van der Waals surface area contributed by atoms with Gasteiger partial charge in [0.15, 0.2) is 0 Å². The molecule has 2 aliphatic carbocycles. The summed E-state index contributed by atoms with van der Waals surface area (Å²) in [6.07, 6.45) is 1.86. The van der Waals surface area contributed by atoms with Crippen LogP contribution in [0.5, 0.6) is 0 Å². The predicted molar refractivity (Wildman–Crippen MR) is 72.6 cm³/mol. The minimum atomic E-state index is -0.0919. The van der Waals surface area contributed by atoms with Crippen LogP contribution in [0.25, 0.3) is 0 Å². The molecule has 0 N–H and O–H groups in total. The van der Waals surface area contributed by atoms with E-state index in [1.807, 2.05) is 11.9 Å². The summed E-state index contributed by atoms with van der Waals surface area (Å²) in [7, 11) is 1.90. The minimum Gasteiger partial charge on any atom is -0.460 e. The van der Waals surface area contributed by atoms with Crippen LogP contribution in [0.1, 0.15) is 33.6 Å². The molecule has 0 unspecified atom stereocenters. The third-order valence-electron chi connectivity index (χ3n) is 6.85. The van der Waals surface area contributed by atoms with Crippen molar-refractivity contribution >= 4 is 11.9 Å². The number of hydrogen-bond acceptors (Lipinski definition) is 3. The molecule has 4 aliphatic rings. The van der Waals surface area contributed by atoms with Gasteiger partial charge in [-0.1, -0.05) is 20.8 Å². The molecule has 4 rings (SSSR count). The molecule has 4 nitrogen and oxygen atoms in total. The summed E-state index contributed by atoms with van der Waals surface area (Å²) in [5, 5.41) is 0. The van der Waals surface area contributed by atoms with Crippen molar-refractivity contribution in [2.75, 3.05) is 7.05 Å². The molecule has 4 fully saturated rings. The lowest BCUT2D eigenvalue weighted by Gasteiger charge is -2.48. The molecule has 1 amide bonds. The molecule has 2 saturated heterocycles. The van der Waals surface area contributed by atoms with Crippen molar-refractivity contribution in [1.29, 1.82) is 0 Å². The van der Waals surface area contributed by atoms with E-state index in [1.165, 1.54) is 0 Å². The largest absolute Gasteiger partial charge is 0.460 e. The van der Waals surface area contributed by atoms with Crippen molar-refractivity contribution in [1.82, 2.24) is 4.90 Å². The Morgan fingerprint density at radius 1 is 1.30 bits per heavy atom. The Bertz CT molecular complexity index is 502. The molecular weight excluding hydrogens is 254 g/mol. The zero-order valence-electron chi connectivity index (χ0n) is 12.6. The maximum Gasteiger partial charge on any atom is 0.310 e. The van der Waals surface area contributed by atoms with Crippen molar-refractivity contribution < 1.29 is 14.3 Å². The molecule has 7 atom stereocenters. The number of ether oxygens (including phenoxy) is 1. The topological polar surface area (TPSA) is 46.6 Å². The highest BCUT2D eigenvalue weighted by Crippen LogP contribution is 2.66. The number of carbonyl (C=O) groups excluding carboxylic acids is 2. The first kappa shape index (κ1) is 12.7. The molecule has 0 aromatic carbocycles. The molecule has 2 heterocycles. The van der Waals surface area contributed by atoms with Crippen LogP contribution in [0.3, 0.4) is 0 Å². The highest BCUT2D eigenvalue weighted by Gasteiger charge is 2.74. The number of nitrogens with zero attached hydrogens (tertiary/aromatic N) is 1. The Balaban J connectivity index is 1.88. The van der Waals surface area contributed by atoms with Crippen molar-refractivity contribution in [2.45, 2.75) is 45.8 Å². The molecule has 110 valence electrons. The molecule has 0 aromatic heterocycles. The van der Waals surface area contributed by atoms with Gasteiger partial charge in [0.25, 0.3) is 0 Å². The second kappa shape index (κ2) is 3.58. The Hall–Kier alpha value is -1.06. The summed E-state index contributed by atoms with van der Waals surface area (Å²) in [6, 6.07) is 0.0857. The summed E-state index contributed by atoms with van der Waals surface area (Å²) in [6.45, 7) is 6.59. The number of rotatable bonds is 1. The molecular formula is C16H23NO3. The molecule has 0 radical (unpaired) electrons. The van der Waals surface area contributed by atoms with Gasteiger partial charge >= 0.3 is 5.97 Å². The van der Waals surface area contributed by atoms with Gasteiger partial charge in [-0.3, -0.25) is 9.59 Å². The molecule has 0 aromatic rings. The smallest absolute Gasteiger partial charge is 0.310 e. The van der Waals surface area contributed by atoms with E-state index in [0.717, 1.165) is 12.8 Å². The van der Waals surface area contributed by atoms with Gasteiger partial charge in [0, 0.05) is 24.3 Å². The first-order valence-corrected chi connectivity index (χ1v) is 7.86. The fourth-order valence-electron chi connectivity index (χ4n) is 6.14. The summed E-state index contributed by atoms with van der Waals surface area (Å²) < 4.78 is 5.78. The van der Waals surface area contributed by atoms with E-state index < -0.39 is 0 Å². The van der Waals surface area contributed by atoms with Gasteiger partial charge in [-0.25, -0.2) is 0 Å². The molecule has 0 spiro atoms. The maximum absolute atomic E-state index is 12.6. The predicted octanol–water partition coefficient (Wildman–Crippen LogP) is 1.69. The van der Waals surface area contributed by atoms with E-state index in [4.69, 9.17) is 4.74 Å². The summed E-state index contributed by atoms with van der Waals surface area (Å²) in [4.78, 5) is 26.8. The summed E-state index contributed by atoms with van der Waals surface area (Å²) in [5.74, 6) is 1.41. The van der Waals surface area contributed by atoms with Crippen LogP contribution in [-0.2, 0) is 14.3 Å². The number of amides is 1. The zero-order chi connectivity index (χ0) is 14.4. The summed E-state index contributed by atoms with van der Waals surface area (Å²) >= 11 is 0. The standard InChI is InChI=1S/C16H23NO3/c1-7(2)10-11-8-5-6-9-14(18)17(4)13(16(8,9)3)12(10)20-15(11)19/h7-13H,5-6H2,1-4H3/t8-,9+,10-,11+,12+,13+,16+/m0/s1. The van der Waals surface area contributed by atoms with Crippen LogP contribution in [0.15, 0.2) is 0 Å². The van der Waals surface area contributed by atoms with Crippen molar-refractivity contribution in [2.24, 2.45) is 35.0 Å². The number of carbonyl (C=O) groups is 2. The zero-order valence-corrected chi connectivity index (χ0v) is 12.6. The van der Waals surface area contributed by atoms with E-state index in [0.29, 0.717) is 11.8 Å². The van der Waals surface area contributed by atoms with Crippen LogP contribution in [-0.4, -0.2) is 36.0 Å². The van der Waals surface area contributed by atoms with Crippen LogP contribution in [0.2, 0.25) is 0 Å². The van der Waals surface area contributed by atoms with Crippen molar-refractivity contribution in [3.8, 4) is 0 Å². The first-order valence-electron chi connectivity index (χ1n) is 7.86. The molecule has 2 bridgehead atoms. The fourth-order valence-corrected chi connectivity index (χ4v) is 6.14. The number of esters is 1. The van der Waals surface area contributed by atoms with E-state index in [1.54, 1.807) is 0 Å². The normalized spacial score (nSPS) is 52.8. The van der Waals surface area contributed by atoms with E-state index in [9.17, 15) is 9.59 Å². The lowest BCUT2D eigenvalue weighted by Crippen LogP contribution is -2.57. The van der Waals surface area contributed by atoms with Crippen LogP contribution < -0.4 is 0 Å². The lowest BCUT2D eigenvalue weighted by atomic mass is 9.55. The molecule has 2 saturated carbocycles. The van der Waals surface area contributed by atoms with E-state index in [2.05, 4.69) is 20.8 Å². The number of hydrogen-bond donors (Lipinski definition) is 0. The first-order chi connectivity index (χ1) is 9.39. The van der Waals surface area contributed by atoms with Gasteiger partial charge in [-0.05, 0) is 24.7 Å². The highest BCUT2D eigenvalue weighted by molar-refractivity contribution is 5.86. The molecule has 4 heteroatoms. The number of fused-ring (bicyclic) bond motifs is 4. The second-order valence-electron chi connectivity index (χ2n) is 7.75. The lowest BCUT2D eigenvalue weighted by molar-refractivity contribution is -0.146. The van der Waals surface area contributed by atoms with Gasteiger partial charge in [0.05, 0.1) is 12.0 Å². The average Bonchev–Trinajstić information content (AvgIpc) is 2.90. The quantitative estimate of drug-likeness (QED) is 0.685. The van der Waals surface area contributed by atoms with Crippen molar-refractivity contribution in [3.05, 3.63) is 0 Å².